The molecule has 0 fully saturated rings. The molecule has 0 radical (unpaired) electrons. The second-order valence-corrected chi connectivity index (χ2v) is 15.1. The smallest absolute Gasteiger partial charge is 0.326 e. The number of carboxylic acids is 1. The molecular weight excluding hydrogens is 702 g/mol. The normalized spacial score (nSPS) is 16.1. The van der Waals surface area contributed by atoms with Crippen LogP contribution >= 0.6 is 11.6 Å². The summed E-state index contributed by atoms with van der Waals surface area (Å²) in [5.74, 6) is -3.02. The number of hydrogen-bond acceptors (Lipinski definition) is 8. The zero-order valence-electron chi connectivity index (χ0n) is 33.7. The minimum absolute atomic E-state index is 0.00119. The van der Waals surface area contributed by atoms with Gasteiger partial charge in [0.2, 0.25) is 23.6 Å². The van der Waals surface area contributed by atoms with Gasteiger partial charge in [0.05, 0.1) is 36.6 Å². The Labute approximate surface area is 322 Å². The van der Waals surface area contributed by atoms with Crippen molar-refractivity contribution >= 4 is 41.2 Å². The van der Waals surface area contributed by atoms with Crippen LogP contribution in [0.25, 0.3) is 0 Å². The van der Waals surface area contributed by atoms with E-state index in [1.165, 1.54) is 14.2 Å². The van der Waals surface area contributed by atoms with Gasteiger partial charge in [-0.05, 0) is 61.8 Å². The van der Waals surface area contributed by atoms with Gasteiger partial charge in [0.25, 0.3) is 0 Å². The molecule has 1 rings (SSSR count). The van der Waals surface area contributed by atoms with Crippen molar-refractivity contribution in [2.45, 2.75) is 123 Å². The second kappa shape index (κ2) is 24.2. The molecule has 1 aromatic rings. The summed E-state index contributed by atoms with van der Waals surface area (Å²) in [6, 6.07) is 4.11. The van der Waals surface area contributed by atoms with Crippen LogP contribution in [0.4, 0.5) is 0 Å². The molecule has 8 atom stereocenters. The monoisotopic (exact) mass is 767 g/mol. The second-order valence-electron chi connectivity index (χ2n) is 14.7. The number of rotatable bonds is 25. The standard InChI is InChI=1S/C39H66ClN5O8/c1-12-25(6)35(45(9)38(49)34(24(4)5)44-37(48)33(41-8)23(2)3)31(53-11)22-32(46)42-19-14-13-18-30(52-10)26(7)36(47)43-29(39(50)51)21-27-16-15-17-28(40)20-27/h15-17,20,23-26,29-31,33-35,41H,12-14,18-19,21-22H2,1-11H3,(H,42,46)(H,43,47)(H,44,48)(H,50,51)/t25-,26+,29-,30-,31?,33-,34-,35?/m0/s1. The summed E-state index contributed by atoms with van der Waals surface area (Å²) in [5, 5.41) is 21.8. The third-order valence-electron chi connectivity index (χ3n) is 10.0. The van der Waals surface area contributed by atoms with Crippen LogP contribution in [0.3, 0.4) is 0 Å². The molecule has 2 unspecified atom stereocenters. The predicted octanol–water partition coefficient (Wildman–Crippen LogP) is 4.05. The minimum Gasteiger partial charge on any atom is -0.480 e. The maximum absolute atomic E-state index is 13.9. The van der Waals surface area contributed by atoms with Crippen molar-refractivity contribution < 1.29 is 38.6 Å². The van der Waals surface area contributed by atoms with Crippen molar-refractivity contribution in [3.05, 3.63) is 34.9 Å². The van der Waals surface area contributed by atoms with E-state index in [2.05, 4.69) is 21.3 Å². The van der Waals surface area contributed by atoms with E-state index in [0.717, 1.165) is 6.42 Å². The SMILES string of the molecule is CC[C@H](C)C(C(CC(=O)NCCCC[C@H](OC)[C@@H](C)C(=O)N[C@@H](Cc1cccc(Cl)c1)C(=O)O)OC)N(C)C(=O)[C@@H](NC(=O)[C@@H](NC)C(C)C)C(C)C. The molecule has 302 valence electrons. The Morgan fingerprint density at radius 1 is 0.887 bits per heavy atom. The summed E-state index contributed by atoms with van der Waals surface area (Å²) < 4.78 is 11.4. The molecule has 0 heterocycles. The molecule has 1 aromatic carbocycles. The molecule has 0 aromatic heterocycles. The topological polar surface area (TPSA) is 175 Å². The molecule has 14 heteroatoms. The highest BCUT2D eigenvalue weighted by Crippen LogP contribution is 2.24. The number of unbranched alkanes of at least 4 members (excludes halogenated alkanes) is 1. The van der Waals surface area contributed by atoms with E-state index in [4.69, 9.17) is 21.1 Å². The summed E-state index contributed by atoms with van der Waals surface area (Å²) in [6.45, 7) is 13.8. The molecule has 0 bridgehead atoms. The first-order valence-corrected chi connectivity index (χ1v) is 19.2. The number of methoxy groups -OCH3 is 2. The lowest BCUT2D eigenvalue weighted by Crippen LogP contribution is -2.59. The first-order valence-electron chi connectivity index (χ1n) is 18.8. The van der Waals surface area contributed by atoms with E-state index >= 15 is 0 Å². The van der Waals surface area contributed by atoms with Crippen molar-refractivity contribution in [2.24, 2.45) is 23.7 Å². The number of nitrogens with one attached hydrogen (secondary N) is 4. The average Bonchev–Trinajstić information content (AvgIpc) is 3.10. The van der Waals surface area contributed by atoms with Crippen LogP contribution < -0.4 is 21.3 Å². The fourth-order valence-corrected chi connectivity index (χ4v) is 6.78. The van der Waals surface area contributed by atoms with E-state index in [0.29, 0.717) is 36.4 Å². The molecule has 4 amide bonds. The minimum atomic E-state index is -1.15. The zero-order chi connectivity index (χ0) is 40.4. The van der Waals surface area contributed by atoms with Gasteiger partial charge < -0.3 is 40.7 Å². The number of amides is 4. The summed E-state index contributed by atoms with van der Waals surface area (Å²) >= 11 is 6.04. The van der Waals surface area contributed by atoms with Gasteiger partial charge in [-0.1, -0.05) is 78.6 Å². The molecule has 5 N–H and O–H groups in total. The lowest BCUT2D eigenvalue weighted by molar-refractivity contribution is -0.144. The predicted molar refractivity (Wildman–Crippen MR) is 207 cm³/mol. The fourth-order valence-electron chi connectivity index (χ4n) is 6.57. The van der Waals surface area contributed by atoms with Gasteiger partial charge in [-0.2, -0.15) is 0 Å². The Morgan fingerprint density at radius 3 is 2.02 bits per heavy atom. The van der Waals surface area contributed by atoms with E-state index in [-0.39, 0.29) is 48.3 Å². The quantitative estimate of drug-likeness (QED) is 0.0920. The van der Waals surface area contributed by atoms with Crippen LogP contribution in [-0.2, 0) is 39.9 Å². The number of likely N-dealkylation sites (N-methyl/N-ethyl adjacent to an activating group) is 2. The zero-order valence-corrected chi connectivity index (χ0v) is 34.4. The molecule has 53 heavy (non-hydrogen) atoms. The van der Waals surface area contributed by atoms with E-state index in [9.17, 15) is 29.1 Å². The number of nitrogens with zero attached hydrogens (tertiary/aromatic N) is 1. The van der Waals surface area contributed by atoms with Crippen molar-refractivity contribution in [3.8, 4) is 0 Å². The number of carboxylic acid groups (broad SMARTS) is 1. The van der Waals surface area contributed by atoms with Crippen LogP contribution in [0.1, 0.15) is 86.1 Å². The number of hydrogen-bond donors (Lipinski definition) is 5. The lowest BCUT2D eigenvalue weighted by Gasteiger charge is -2.40. The number of carbonyl (C=O) groups is 5. The van der Waals surface area contributed by atoms with Gasteiger partial charge in [-0.25, -0.2) is 4.79 Å². The Hall–Kier alpha value is -3.26. The maximum atomic E-state index is 13.9. The Bertz CT molecular complexity index is 1310. The van der Waals surface area contributed by atoms with Crippen LogP contribution in [-0.4, -0.2) is 111 Å². The Balaban J connectivity index is 2.80. The molecule has 0 saturated carbocycles. The molecule has 0 aliphatic carbocycles. The third kappa shape index (κ3) is 15.6. The Kier molecular flexibility index (Phi) is 21.8. The molecule has 13 nitrogen and oxygen atoms in total. The summed E-state index contributed by atoms with van der Waals surface area (Å²) in [5.41, 5.74) is 0.696. The third-order valence-corrected chi connectivity index (χ3v) is 10.3. The molecule has 0 spiro atoms. The summed E-state index contributed by atoms with van der Waals surface area (Å²) in [4.78, 5) is 66.7. The number of ether oxygens (including phenoxy) is 2. The van der Waals surface area contributed by atoms with Gasteiger partial charge in [-0.3, -0.25) is 19.2 Å². The first-order chi connectivity index (χ1) is 24.9. The van der Waals surface area contributed by atoms with Crippen molar-refractivity contribution in [3.63, 3.8) is 0 Å². The van der Waals surface area contributed by atoms with Crippen molar-refractivity contribution in [2.75, 3.05) is 34.9 Å². The highest BCUT2D eigenvalue weighted by atomic mass is 35.5. The van der Waals surface area contributed by atoms with Crippen LogP contribution in [0.5, 0.6) is 0 Å². The lowest BCUT2D eigenvalue weighted by atomic mass is 9.89. The van der Waals surface area contributed by atoms with Gasteiger partial charge in [0, 0.05) is 39.3 Å². The van der Waals surface area contributed by atoms with Gasteiger partial charge >= 0.3 is 5.97 Å². The number of halogens is 1. The maximum Gasteiger partial charge on any atom is 0.326 e. The van der Waals surface area contributed by atoms with Crippen LogP contribution in [0.2, 0.25) is 5.02 Å². The van der Waals surface area contributed by atoms with Crippen LogP contribution in [0, 0.1) is 23.7 Å². The highest BCUT2D eigenvalue weighted by Gasteiger charge is 2.38. The van der Waals surface area contributed by atoms with Gasteiger partial charge in [-0.15, -0.1) is 0 Å². The number of benzene rings is 1. The Morgan fingerprint density at radius 2 is 1.51 bits per heavy atom. The summed E-state index contributed by atoms with van der Waals surface area (Å²) in [7, 11) is 6.47. The largest absolute Gasteiger partial charge is 0.480 e. The number of aliphatic carboxylic acids is 1. The van der Waals surface area contributed by atoms with E-state index < -0.39 is 54.2 Å². The van der Waals surface area contributed by atoms with E-state index in [1.54, 1.807) is 50.2 Å². The van der Waals surface area contributed by atoms with Crippen molar-refractivity contribution in [1.82, 2.24) is 26.2 Å². The van der Waals surface area contributed by atoms with Crippen molar-refractivity contribution in [1.29, 1.82) is 0 Å². The van der Waals surface area contributed by atoms with Gasteiger partial charge in [0.1, 0.15) is 12.1 Å². The highest BCUT2D eigenvalue weighted by molar-refractivity contribution is 6.30. The van der Waals surface area contributed by atoms with Crippen LogP contribution in [0.15, 0.2) is 24.3 Å². The fraction of sp³-hybridized carbons (Fsp3) is 0.718. The molecular formula is C39H66ClN5O8. The van der Waals surface area contributed by atoms with Gasteiger partial charge in [0.15, 0.2) is 0 Å². The average molecular weight is 768 g/mol. The van der Waals surface area contributed by atoms with E-state index in [1.807, 2.05) is 41.5 Å². The molecule has 0 saturated heterocycles. The number of carbonyl (C=O) groups excluding carboxylic acids is 4. The molecule has 0 aliphatic heterocycles. The summed E-state index contributed by atoms with van der Waals surface area (Å²) in [6.07, 6.45) is 1.62. The molecule has 0 aliphatic rings. The first kappa shape index (κ1) is 47.8.